The van der Waals surface area contributed by atoms with Gasteiger partial charge in [0.1, 0.15) is 18.0 Å². The zero-order chi connectivity index (χ0) is 19.5. The lowest BCUT2D eigenvalue weighted by Gasteiger charge is -2.26. The first-order valence-corrected chi connectivity index (χ1v) is 10.0. The highest BCUT2D eigenvalue weighted by Gasteiger charge is 2.20. The third-order valence-corrected chi connectivity index (χ3v) is 5.48. The molecule has 0 aliphatic heterocycles. The smallest absolute Gasteiger partial charge is 0.251 e. The van der Waals surface area contributed by atoms with Gasteiger partial charge < -0.3 is 14.5 Å². The summed E-state index contributed by atoms with van der Waals surface area (Å²) < 4.78 is 7.89. The van der Waals surface area contributed by atoms with E-state index in [1.807, 2.05) is 47.1 Å². The number of carbonyl (C=O) groups excluding carboxylic acids is 1. The molecule has 1 aliphatic rings. The molecule has 146 valence electrons. The standard InChI is InChI=1S/C23H27N3O2/c1-16-6-9-19(10-7-16)25-23(27)18-4-3-5-21(12-18)28-15-20-14-26-13-17(2)8-11-22(26)24-20/h3-5,8,11-14,16,19H,6-7,9-10,15H2,1-2H3,(H,25,27). The van der Waals surface area contributed by atoms with Gasteiger partial charge in [-0.3, -0.25) is 4.79 Å². The van der Waals surface area contributed by atoms with Crippen molar-refractivity contribution >= 4 is 11.6 Å². The van der Waals surface area contributed by atoms with Crippen LogP contribution < -0.4 is 10.1 Å². The van der Waals surface area contributed by atoms with Crippen molar-refractivity contribution in [3.63, 3.8) is 0 Å². The minimum absolute atomic E-state index is 0.0202. The zero-order valence-electron chi connectivity index (χ0n) is 16.5. The summed E-state index contributed by atoms with van der Waals surface area (Å²) in [6.07, 6.45) is 8.53. The first kappa shape index (κ1) is 18.5. The number of nitrogens with zero attached hydrogens (tertiary/aromatic N) is 2. The second-order valence-corrected chi connectivity index (χ2v) is 7.95. The molecule has 2 aromatic heterocycles. The Hall–Kier alpha value is -2.82. The largest absolute Gasteiger partial charge is 0.487 e. The number of aryl methyl sites for hydroxylation is 1. The van der Waals surface area contributed by atoms with Crippen molar-refractivity contribution in [2.75, 3.05) is 0 Å². The number of pyridine rings is 1. The van der Waals surface area contributed by atoms with Crippen LogP contribution in [0.3, 0.4) is 0 Å². The lowest BCUT2D eigenvalue weighted by atomic mass is 9.87. The van der Waals surface area contributed by atoms with E-state index >= 15 is 0 Å². The SMILES string of the molecule is Cc1ccc2nc(COc3cccc(C(=O)NC4CCC(C)CC4)c3)cn2c1. The summed E-state index contributed by atoms with van der Waals surface area (Å²) in [7, 11) is 0. The van der Waals surface area contributed by atoms with Crippen molar-refractivity contribution in [2.45, 2.75) is 52.2 Å². The van der Waals surface area contributed by atoms with Crippen molar-refractivity contribution in [3.05, 3.63) is 65.6 Å². The maximum atomic E-state index is 12.6. The first-order chi connectivity index (χ1) is 13.6. The Morgan fingerprint density at radius 3 is 2.82 bits per heavy atom. The van der Waals surface area contributed by atoms with Crippen LogP contribution in [0.4, 0.5) is 0 Å². The van der Waals surface area contributed by atoms with Crippen molar-refractivity contribution in [3.8, 4) is 5.75 Å². The summed E-state index contributed by atoms with van der Waals surface area (Å²) in [5.41, 5.74) is 3.58. The number of aromatic nitrogens is 2. The van der Waals surface area contributed by atoms with Gasteiger partial charge in [-0.25, -0.2) is 4.98 Å². The molecule has 0 radical (unpaired) electrons. The second kappa shape index (κ2) is 8.05. The summed E-state index contributed by atoms with van der Waals surface area (Å²) in [6.45, 7) is 4.70. The molecular weight excluding hydrogens is 350 g/mol. The predicted octanol–water partition coefficient (Wildman–Crippen LogP) is 4.53. The fourth-order valence-corrected chi connectivity index (χ4v) is 3.78. The molecule has 4 rings (SSSR count). The van der Waals surface area contributed by atoms with E-state index in [2.05, 4.69) is 24.1 Å². The van der Waals surface area contributed by atoms with Gasteiger partial charge >= 0.3 is 0 Å². The molecule has 1 aromatic carbocycles. The maximum Gasteiger partial charge on any atom is 0.251 e. The summed E-state index contributed by atoms with van der Waals surface area (Å²) >= 11 is 0. The van der Waals surface area contributed by atoms with Gasteiger partial charge in [0.25, 0.3) is 5.91 Å². The normalized spacial score (nSPS) is 19.5. The molecule has 1 saturated carbocycles. The van der Waals surface area contributed by atoms with Crippen LogP contribution in [0.25, 0.3) is 5.65 Å². The van der Waals surface area contributed by atoms with E-state index in [4.69, 9.17) is 4.74 Å². The molecule has 1 fully saturated rings. The van der Waals surface area contributed by atoms with Gasteiger partial charge in [0.15, 0.2) is 0 Å². The van der Waals surface area contributed by atoms with Crippen LogP contribution in [-0.2, 0) is 6.61 Å². The Kier molecular flexibility index (Phi) is 5.33. The van der Waals surface area contributed by atoms with Crippen molar-refractivity contribution < 1.29 is 9.53 Å². The zero-order valence-corrected chi connectivity index (χ0v) is 16.5. The number of amides is 1. The van der Waals surface area contributed by atoms with Gasteiger partial charge in [-0.2, -0.15) is 0 Å². The summed E-state index contributed by atoms with van der Waals surface area (Å²) in [4.78, 5) is 17.2. The fourth-order valence-electron chi connectivity index (χ4n) is 3.78. The van der Waals surface area contributed by atoms with E-state index in [-0.39, 0.29) is 11.9 Å². The number of hydrogen-bond acceptors (Lipinski definition) is 3. The molecule has 1 N–H and O–H groups in total. The molecule has 3 aromatic rings. The van der Waals surface area contributed by atoms with Gasteiger partial charge in [-0.05, 0) is 68.4 Å². The number of hydrogen-bond donors (Lipinski definition) is 1. The average molecular weight is 377 g/mol. The van der Waals surface area contributed by atoms with Gasteiger partial charge in [0, 0.05) is 24.0 Å². The lowest BCUT2D eigenvalue weighted by molar-refractivity contribution is 0.0922. The van der Waals surface area contributed by atoms with Crippen LogP contribution >= 0.6 is 0 Å². The number of ether oxygens (including phenoxy) is 1. The molecule has 2 heterocycles. The first-order valence-electron chi connectivity index (χ1n) is 10.0. The molecule has 28 heavy (non-hydrogen) atoms. The van der Waals surface area contributed by atoms with Crippen molar-refractivity contribution in [2.24, 2.45) is 5.92 Å². The second-order valence-electron chi connectivity index (χ2n) is 7.95. The van der Waals surface area contributed by atoms with E-state index in [0.717, 1.165) is 30.1 Å². The van der Waals surface area contributed by atoms with Crippen LogP contribution in [0.2, 0.25) is 0 Å². The monoisotopic (exact) mass is 377 g/mol. The number of imidazole rings is 1. The molecule has 0 unspecified atom stereocenters. The van der Waals surface area contributed by atoms with Gasteiger partial charge in [0.2, 0.25) is 0 Å². The third kappa shape index (κ3) is 4.35. The van der Waals surface area contributed by atoms with Gasteiger partial charge in [-0.1, -0.05) is 19.1 Å². The minimum Gasteiger partial charge on any atom is -0.487 e. The molecule has 0 saturated heterocycles. The van der Waals surface area contributed by atoms with E-state index < -0.39 is 0 Å². The highest BCUT2D eigenvalue weighted by atomic mass is 16.5. The Labute approximate surface area is 165 Å². The molecule has 1 aliphatic carbocycles. The van der Waals surface area contributed by atoms with E-state index in [0.29, 0.717) is 17.9 Å². The van der Waals surface area contributed by atoms with Crippen LogP contribution in [0.5, 0.6) is 5.75 Å². The van der Waals surface area contributed by atoms with Crippen molar-refractivity contribution in [1.29, 1.82) is 0 Å². The van der Waals surface area contributed by atoms with Gasteiger partial charge in [0.05, 0.1) is 5.69 Å². The summed E-state index contributed by atoms with van der Waals surface area (Å²) in [5, 5.41) is 3.17. The molecule has 1 amide bonds. The summed E-state index contributed by atoms with van der Waals surface area (Å²) in [5.74, 6) is 1.43. The van der Waals surface area contributed by atoms with E-state index in [1.54, 1.807) is 6.07 Å². The lowest BCUT2D eigenvalue weighted by Crippen LogP contribution is -2.37. The van der Waals surface area contributed by atoms with E-state index in [9.17, 15) is 4.79 Å². The topological polar surface area (TPSA) is 55.6 Å². The number of rotatable bonds is 5. The van der Waals surface area contributed by atoms with Gasteiger partial charge in [-0.15, -0.1) is 0 Å². The summed E-state index contributed by atoms with van der Waals surface area (Å²) in [6, 6.07) is 11.7. The van der Waals surface area contributed by atoms with Crippen LogP contribution in [0, 0.1) is 12.8 Å². The average Bonchev–Trinajstić information content (AvgIpc) is 3.10. The predicted molar refractivity (Wildman–Crippen MR) is 110 cm³/mol. The third-order valence-electron chi connectivity index (χ3n) is 5.48. The number of benzene rings is 1. The molecule has 5 heteroatoms. The Balaban J connectivity index is 1.38. The maximum absolute atomic E-state index is 12.6. The fraction of sp³-hybridized carbons (Fsp3) is 0.391. The Bertz CT molecular complexity index is 971. The van der Waals surface area contributed by atoms with Crippen LogP contribution in [0.15, 0.2) is 48.8 Å². The van der Waals surface area contributed by atoms with Crippen LogP contribution in [0.1, 0.15) is 54.2 Å². The number of fused-ring (bicyclic) bond motifs is 1. The molecule has 0 bridgehead atoms. The Morgan fingerprint density at radius 1 is 1.18 bits per heavy atom. The van der Waals surface area contributed by atoms with Crippen molar-refractivity contribution in [1.82, 2.24) is 14.7 Å². The number of carbonyl (C=O) groups is 1. The molecular formula is C23H27N3O2. The quantitative estimate of drug-likeness (QED) is 0.711. The molecule has 0 atom stereocenters. The highest BCUT2D eigenvalue weighted by Crippen LogP contribution is 2.24. The minimum atomic E-state index is -0.0202. The Morgan fingerprint density at radius 2 is 2.00 bits per heavy atom. The van der Waals surface area contributed by atoms with E-state index in [1.165, 1.54) is 18.4 Å². The van der Waals surface area contributed by atoms with Crippen LogP contribution in [-0.4, -0.2) is 21.3 Å². The molecule has 0 spiro atoms. The highest BCUT2D eigenvalue weighted by molar-refractivity contribution is 5.94. The number of nitrogens with one attached hydrogen (secondary N) is 1. The molecule has 5 nitrogen and oxygen atoms in total.